The minimum Gasteiger partial charge on any atom is -0.322 e. The molecule has 0 radical (unpaired) electrons. The number of nitrogens with zero attached hydrogens (tertiary/aromatic N) is 2. The van der Waals surface area contributed by atoms with E-state index in [1.807, 2.05) is 4.90 Å². The zero-order valence-corrected chi connectivity index (χ0v) is 15.2. The van der Waals surface area contributed by atoms with Crippen LogP contribution >= 0.6 is 0 Å². The topological polar surface area (TPSA) is 70.1 Å². The molecule has 2 N–H and O–H groups in total. The lowest BCUT2D eigenvalue weighted by molar-refractivity contribution is -0.140. The number of hydrogen-bond acceptors (Lipinski definition) is 3. The molecule has 4 heteroatoms. The normalized spacial score (nSPS) is 50.8. The van der Waals surface area contributed by atoms with Gasteiger partial charge in [-0.15, -0.1) is 0 Å². The third-order valence-electron chi connectivity index (χ3n) is 7.67. The highest BCUT2D eigenvalue weighted by atomic mass is 16.2. The fourth-order valence-electron chi connectivity index (χ4n) is 6.91. The van der Waals surface area contributed by atoms with Gasteiger partial charge in [0.2, 0.25) is 5.91 Å². The molecule has 1 saturated heterocycles. The van der Waals surface area contributed by atoms with E-state index in [0.29, 0.717) is 23.7 Å². The van der Waals surface area contributed by atoms with Gasteiger partial charge in [-0.05, 0) is 73.5 Å². The van der Waals surface area contributed by atoms with E-state index < -0.39 is 6.04 Å². The van der Waals surface area contributed by atoms with Crippen LogP contribution in [0.1, 0.15) is 59.3 Å². The van der Waals surface area contributed by atoms with Crippen LogP contribution in [0.4, 0.5) is 0 Å². The molecule has 4 rings (SSSR count). The number of nitrogens with two attached hydrogens (primary N) is 1. The number of nitriles is 1. The van der Waals surface area contributed by atoms with E-state index in [4.69, 9.17) is 5.73 Å². The second-order valence-corrected chi connectivity index (χ2v) is 9.64. The second-order valence-electron chi connectivity index (χ2n) is 9.64. The number of piperidine rings is 1. The molecule has 1 aliphatic heterocycles. The summed E-state index contributed by atoms with van der Waals surface area (Å²) in [4.78, 5) is 15.2. The van der Waals surface area contributed by atoms with Gasteiger partial charge in [-0.3, -0.25) is 4.79 Å². The van der Waals surface area contributed by atoms with Crippen molar-refractivity contribution >= 4 is 5.91 Å². The van der Waals surface area contributed by atoms with Gasteiger partial charge in [0.15, 0.2) is 0 Å². The lowest BCUT2D eigenvalue weighted by atomic mass is 9.54. The van der Waals surface area contributed by atoms with Crippen LogP contribution in [0.5, 0.6) is 0 Å². The molecule has 7 atom stereocenters. The van der Waals surface area contributed by atoms with Crippen molar-refractivity contribution in [2.45, 2.75) is 77.4 Å². The average Bonchev–Trinajstić information content (AvgIpc) is 2.96. The minimum atomic E-state index is -0.423. The summed E-state index contributed by atoms with van der Waals surface area (Å²) in [6, 6.07) is 1.96. The molecule has 4 nitrogen and oxygen atoms in total. The largest absolute Gasteiger partial charge is 0.322 e. The Morgan fingerprint density at radius 2 is 1.79 bits per heavy atom. The Balaban J connectivity index is 1.59. The van der Waals surface area contributed by atoms with E-state index in [-0.39, 0.29) is 23.4 Å². The highest BCUT2D eigenvalue weighted by molar-refractivity contribution is 5.84. The number of rotatable bonds is 2. The zero-order chi connectivity index (χ0) is 17.2. The van der Waals surface area contributed by atoms with Crippen molar-refractivity contribution in [2.24, 2.45) is 40.7 Å². The van der Waals surface area contributed by atoms with Crippen LogP contribution in [0.2, 0.25) is 0 Å². The Bertz CT molecular complexity index is 562. The molecule has 1 heterocycles. The van der Waals surface area contributed by atoms with Gasteiger partial charge in [0.1, 0.15) is 6.04 Å². The Kier molecular flexibility index (Phi) is 3.73. The molecule has 24 heavy (non-hydrogen) atoms. The van der Waals surface area contributed by atoms with Gasteiger partial charge in [-0.25, -0.2) is 0 Å². The van der Waals surface area contributed by atoms with E-state index in [2.05, 4.69) is 26.8 Å². The Morgan fingerprint density at radius 1 is 1.17 bits per heavy atom. The maximum Gasteiger partial charge on any atom is 0.241 e. The number of carbonyl (C=O) groups excluding carboxylic acids is 1. The first-order valence-electron chi connectivity index (χ1n) is 9.83. The molecule has 0 aromatic rings. The van der Waals surface area contributed by atoms with Crippen LogP contribution in [0.15, 0.2) is 0 Å². The van der Waals surface area contributed by atoms with Gasteiger partial charge >= 0.3 is 0 Å². The Hall–Kier alpha value is -1.08. The van der Waals surface area contributed by atoms with Crippen LogP contribution in [0.25, 0.3) is 0 Å². The molecule has 2 bridgehead atoms. The number of hydrogen-bond donors (Lipinski definition) is 1. The number of fused-ring (bicyclic) bond motifs is 3. The average molecular weight is 329 g/mol. The third kappa shape index (κ3) is 2.31. The van der Waals surface area contributed by atoms with Crippen molar-refractivity contribution < 1.29 is 4.79 Å². The fourth-order valence-corrected chi connectivity index (χ4v) is 6.91. The Labute approximate surface area is 145 Å². The maximum absolute atomic E-state index is 13.4. The molecular formula is C20H31N3O. The van der Waals surface area contributed by atoms with E-state index in [9.17, 15) is 10.1 Å². The first kappa shape index (κ1) is 16.4. The van der Waals surface area contributed by atoms with Crippen molar-refractivity contribution in [3.63, 3.8) is 0 Å². The predicted octanol–water partition coefficient (Wildman–Crippen LogP) is 2.93. The van der Waals surface area contributed by atoms with Gasteiger partial charge in [0.25, 0.3) is 0 Å². The highest BCUT2D eigenvalue weighted by Gasteiger charge is 2.62. The summed E-state index contributed by atoms with van der Waals surface area (Å²) in [6.07, 6.45) is 6.70. The maximum atomic E-state index is 13.4. The number of likely N-dealkylation sites (tertiary alicyclic amines) is 1. The van der Waals surface area contributed by atoms with E-state index in [1.165, 1.54) is 12.8 Å². The molecule has 0 aromatic carbocycles. The molecule has 3 saturated carbocycles. The highest BCUT2D eigenvalue weighted by Crippen LogP contribution is 2.57. The van der Waals surface area contributed by atoms with Crippen molar-refractivity contribution in [3.8, 4) is 6.07 Å². The summed E-state index contributed by atoms with van der Waals surface area (Å²) in [5.41, 5.74) is 6.65. The van der Waals surface area contributed by atoms with E-state index in [0.717, 1.165) is 31.6 Å². The van der Waals surface area contributed by atoms with Gasteiger partial charge < -0.3 is 10.6 Å². The monoisotopic (exact) mass is 329 g/mol. The Morgan fingerprint density at radius 3 is 2.38 bits per heavy atom. The third-order valence-corrected chi connectivity index (χ3v) is 7.67. The summed E-state index contributed by atoms with van der Waals surface area (Å²) < 4.78 is 0. The lowest BCUT2D eigenvalue weighted by Crippen LogP contribution is -2.59. The summed E-state index contributed by atoms with van der Waals surface area (Å²) >= 11 is 0. The number of carbonyl (C=O) groups is 1. The summed E-state index contributed by atoms with van der Waals surface area (Å²) in [5, 5.41) is 9.48. The van der Waals surface area contributed by atoms with Crippen LogP contribution < -0.4 is 5.73 Å². The van der Waals surface area contributed by atoms with Crippen LogP contribution in [0, 0.1) is 46.3 Å². The van der Waals surface area contributed by atoms with E-state index >= 15 is 0 Å². The summed E-state index contributed by atoms with van der Waals surface area (Å²) in [7, 11) is 0. The summed E-state index contributed by atoms with van der Waals surface area (Å²) in [5.74, 6) is 3.20. The first-order chi connectivity index (χ1) is 11.4. The summed E-state index contributed by atoms with van der Waals surface area (Å²) in [6.45, 7) is 6.84. The first-order valence-corrected chi connectivity index (χ1v) is 9.83. The van der Waals surface area contributed by atoms with Crippen LogP contribution in [-0.2, 0) is 4.79 Å². The molecular weight excluding hydrogens is 298 g/mol. The fraction of sp³-hybridized carbons (Fsp3) is 0.900. The number of amides is 1. The standard InChI is InChI=1S/C20H31N3O/c1-11-4-14-5-12(2)8-20(7-11,9-14)18(22)19(24)23-15(10-21)6-16-13(3)17(16)23/h11-18H,4-9,22H2,1-3H3/t11?,12?,13-,14?,15-,16?,17?,18?,20?/m0/s1. The van der Waals surface area contributed by atoms with Crippen molar-refractivity contribution in [1.82, 2.24) is 4.90 Å². The van der Waals surface area contributed by atoms with Gasteiger partial charge in [0.05, 0.1) is 12.1 Å². The van der Waals surface area contributed by atoms with Crippen LogP contribution in [0.3, 0.4) is 0 Å². The molecule has 0 spiro atoms. The zero-order valence-electron chi connectivity index (χ0n) is 15.2. The van der Waals surface area contributed by atoms with Crippen LogP contribution in [-0.4, -0.2) is 28.9 Å². The lowest BCUT2D eigenvalue weighted by Gasteiger charge is -2.52. The smallest absolute Gasteiger partial charge is 0.241 e. The molecule has 5 unspecified atom stereocenters. The minimum absolute atomic E-state index is 0.0344. The van der Waals surface area contributed by atoms with Crippen molar-refractivity contribution in [2.75, 3.05) is 0 Å². The molecule has 132 valence electrons. The predicted molar refractivity (Wildman–Crippen MR) is 92.6 cm³/mol. The molecule has 4 aliphatic rings. The molecule has 0 aromatic heterocycles. The SMILES string of the molecule is CC1CC2CC(C)CC(C(N)C(=O)N3C4C(C[C@H]3C#N)[C@@H]4C)(C1)C2. The van der Waals surface area contributed by atoms with Gasteiger partial charge in [0, 0.05) is 6.04 Å². The molecule has 1 amide bonds. The van der Waals surface area contributed by atoms with E-state index in [1.54, 1.807) is 0 Å². The van der Waals surface area contributed by atoms with Gasteiger partial charge in [-0.1, -0.05) is 20.8 Å². The van der Waals surface area contributed by atoms with Crippen molar-refractivity contribution in [1.29, 1.82) is 5.26 Å². The molecule has 4 fully saturated rings. The quantitative estimate of drug-likeness (QED) is 0.847. The van der Waals surface area contributed by atoms with Gasteiger partial charge in [-0.2, -0.15) is 5.26 Å². The van der Waals surface area contributed by atoms with Crippen molar-refractivity contribution in [3.05, 3.63) is 0 Å². The second kappa shape index (κ2) is 5.46. The molecule has 3 aliphatic carbocycles.